The minimum Gasteiger partial charge on any atom is -0.496 e. The molecule has 0 bridgehead atoms. The first-order valence-corrected chi connectivity index (χ1v) is 8.15. The molecule has 0 unspecified atom stereocenters. The van der Waals surface area contributed by atoms with Crippen LogP contribution >= 0.6 is 0 Å². The summed E-state index contributed by atoms with van der Waals surface area (Å²) < 4.78 is 31.9. The van der Waals surface area contributed by atoms with E-state index in [-0.39, 0.29) is 6.42 Å². The molecule has 0 aliphatic heterocycles. The van der Waals surface area contributed by atoms with Crippen molar-refractivity contribution in [2.75, 3.05) is 12.4 Å². The summed E-state index contributed by atoms with van der Waals surface area (Å²) >= 11 is 0. The van der Waals surface area contributed by atoms with Gasteiger partial charge in [-0.05, 0) is 36.2 Å². The fourth-order valence-electron chi connectivity index (χ4n) is 2.72. The molecule has 4 N–H and O–H groups in total. The molecule has 140 valence electrons. The maximum absolute atomic E-state index is 13.3. The predicted molar refractivity (Wildman–Crippen MR) is 97.2 cm³/mol. The van der Waals surface area contributed by atoms with Crippen molar-refractivity contribution in [2.45, 2.75) is 12.5 Å². The van der Waals surface area contributed by atoms with E-state index < -0.39 is 23.6 Å². The van der Waals surface area contributed by atoms with Crippen LogP contribution in [-0.4, -0.2) is 29.3 Å². The van der Waals surface area contributed by atoms with Gasteiger partial charge in [0, 0.05) is 35.1 Å². The van der Waals surface area contributed by atoms with Crippen LogP contribution in [0.5, 0.6) is 5.75 Å². The van der Waals surface area contributed by atoms with Gasteiger partial charge in [0.2, 0.25) is 5.91 Å². The SMILES string of the molecule is COc1cc(NC(=O)[C@H](N)Cc2cc(F)cc(F)c2)ccc1-c1cn[nH]c1. The fraction of sp³-hybridized carbons (Fsp3) is 0.158. The molecule has 1 aromatic heterocycles. The lowest BCUT2D eigenvalue weighted by molar-refractivity contribution is -0.117. The number of nitrogens with two attached hydrogens (primary N) is 1. The minimum atomic E-state index is -0.967. The number of carbonyl (C=O) groups is 1. The maximum Gasteiger partial charge on any atom is 0.241 e. The number of benzene rings is 2. The Morgan fingerprint density at radius 3 is 2.63 bits per heavy atom. The highest BCUT2D eigenvalue weighted by Crippen LogP contribution is 2.31. The molecular weight excluding hydrogens is 354 g/mol. The first-order chi connectivity index (χ1) is 13.0. The quantitative estimate of drug-likeness (QED) is 0.620. The number of hydrogen-bond donors (Lipinski definition) is 3. The molecule has 1 amide bonds. The molecule has 6 nitrogen and oxygen atoms in total. The smallest absolute Gasteiger partial charge is 0.241 e. The molecule has 27 heavy (non-hydrogen) atoms. The molecule has 3 rings (SSSR count). The lowest BCUT2D eigenvalue weighted by Gasteiger charge is -2.14. The summed E-state index contributed by atoms with van der Waals surface area (Å²) in [5, 5.41) is 9.31. The predicted octanol–water partition coefficient (Wildman–Crippen LogP) is 2.87. The third-order valence-electron chi connectivity index (χ3n) is 3.99. The van der Waals surface area contributed by atoms with Crippen LogP contribution in [0, 0.1) is 11.6 Å². The third-order valence-corrected chi connectivity index (χ3v) is 3.99. The lowest BCUT2D eigenvalue weighted by Crippen LogP contribution is -2.37. The Morgan fingerprint density at radius 2 is 2.00 bits per heavy atom. The number of rotatable bonds is 6. The number of anilines is 1. The topological polar surface area (TPSA) is 93.0 Å². The second kappa shape index (κ2) is 7.96. The van der Waals surface area contributed by atoms with Crippen molar-refractivity contribution < 1.29 is 18.3 Å². The highest BCUT2D eigenvalue weighted by molar-refractivity contribution is 5.95. The first-order valence-electron chi connectivity index (χ1n) is 8.15. The average molecular weight is 372 g/mol. The van der Waals surface area contributed by atoms with E-state index >= 15 is 0 Å². The number of halogens is 2. The number of amides is 1. The van der Waals surface area contributed by atoms with Crippen LogP contribution in [0.2, 0.25) is 0 Å². The van der Waals surface area contributed by atoms with E-state index in [1.165, 1.54) is 7.11 Å². The molecular formula is C19H18F2N4O2. The maximum atomic E-state index is 13.3. The van der Waals surface area contributed by atoms with E-state index in [4.69, 9.17) is 10.5 Å². The Bertz CT molecular complexity index is 925. The van der Waals surface area contributed by atoms with Crippen LogP contribution in [0.25, 0.3) is 11.1 Å². The Labute approximate surface area is 154 Å². The van der Waals surface area contributed by atoms with Gasteiger partial charge in [-0.2, -0.15) is 5.10 Å². The van der Waals surface area contributed by atoms with Gasteiger partial charge in [-0.25, -0.2) is 8.78 Å². The standard InChI is InChI=1S/C19H18F2N4O2/c1-27-18-8-15(2-3-16(18)12-9-23-24-10-12)25-19(26)17(22)6-11-4-13(20)7-14(21)5-11/h2-5,7-10,17H,6,22H2,1H3,(H,23,24)(H,25,26)/t17-/m1/s1. The van der Waals surface area contributed by atoms with Gasteiger partial charge in [0.1, 0.15) is 17.4 Å². The van der Waals surface area contributed by atoms with Crippen LogP contribution < -0.4 is 15.8 Å². The number of hydrogen-bond acceptors (Lipinski definition) is 4. The summed E-state index contributed by atoms with van der Waals surface area (Å²) in [5.74, 6) is -1.35. The average Bonchev–Trinajstić information content (AvgIpc) is 3.15. The first kappa shape index (κ1) is 18.5. The number of H-pyrrole nitrogens is 1. The number of nitrogens with zero attached hydrogens (tertiary/aromatic N) is 1. The summed E-state index contributed by atoms with van der Waals surface area (Å²) in [6, 6.07) is 7.26. The van der Waals surface area contributed by atoms with E-state index in [2.05, 4.69) is 15.5 Å². The number of methoxy groups -OCH3 is 1. The monoisotopic (exact) mass is 372 g/mol. The van der Waals surface area contributed by atoms with Gasteiger partial charge < -0.3 is 15.8 Å². The van der Waals surface area contributed by atoms with E-state index in [1.54, 1.807) is 30.6 Å². The Balaban J connectivity index is 1.71. The van der Waals surface area contributed by atoms with Crippen LogP contribution in [0.3, 0.4) is 0 Å². The van der Waals surface area contributed by atoms with E-state index in [1.807, 2.05) is 0 Å². The zero-order valence-electron chi connectivity index (χ0n) is 14.5. The number of aromatic nitrogens is 2. The molecule has 0 aliphatic rings. The molecule has 0 spiro atoms. The van der Waals surface area contributed by atoms with Crippen LogP contribution in [0.4, 0.5) is 14.5 Å². The van der Waals surface area contributed by atoms with Crippen LogP contribution in [0.1, 0.15) is 5.56 Å². The van der Waals surface area contributed by atoms with Gasteiger partial charge in [-0.1, -0.05) is 0 Å². The summed E-state index contributed by atoms with van der Waals surface area (Å²) in [5.41, 5.74) is 8.32. The Kier molecular flexibility index (Phi) is 5.46. The Hall–Kier alpha value is -3.26. The van der Waals surface area contributed by atoms with Crippen molar-refractivity contribution in [3.8, 4) is 16.9 Å². The molecule has 0 radical (unpaired) electrons. The molecule has 0 saturated heterocycles. The summed E-state index contributed by atoms with van der Waals surface area (Å²) in [4.78, 5) is 12.3. The van der Waals surface area contributed by atoms with Gasteiger partial charge in [-0.3, -0.25) is 9.89 Å². The molecule has 0 saturated carbocycles. The van der Waals surface area contributed by atoms with Crippen molar-refractivity contribution in [1.29, 1.82) is 0 Å². The number of aromatic amines is 1. The molecule has 2 aromatic carbocycles. The van der Waals surface area contributed by atoms with Crippen LogP contribution in [0.15, 0.2) is 48.8 Å². The highest BCUT2D eigenvalue weighted by Gasteiger charge is 2.16. The molecule has 0 aliphatic carbocycles. The summed E-state index contributed by atoms with van der Waals surface area (Å²) in [6.45, 7) is 0. The minimum absolute atomic E-state index is 0.00471. The molecule has 0 fully saturated rings. The molecule has 1 atom stereocenters. The normalized spacial score (nSPS) is 11.9. The Morgan fingerprint density at radius 1 is 1.26 bits per heavy atom. The van der Waals surface area contributed by atoms with E-state index in [0.29, 0.717) is 17.0 Å². The second-order valence-corrected chi connectivity index (χ2v) is 5.98. The van der Waals surface area contributed by atoms with Gasteiger partial charge in [0.25, 0.3) is 0 Å². The third kappa shape index (κ3) is 4.48. The zero-order valence-corrected chi connectivity index (χ0v) is 14.5. The number of carbonyl (C=O) groups excluding carboxylic acids is 1. The van der Waals surface area contributed by atoms with Crippen LogP contribution in [-0.2, 0) is 11.2 Å². The van der Waals surface area contributed by atoms with Gasteiger partial charge in [0.15, 0.2) is 0 Å². The van der Waals surface area contributed by atoms with Crippen molar-refractivity contribution in [1.82, 2.24) is 10.2 Å². The van der Waals surface area contributed by atoms with Crippen molar-refractivity contribution in [2.24, 2.45) is 5.73 Å². The van der Waals surface area contributed by atoms with Gasteiger partial charge in [-0.15, -0.1) is 0 Å². The van der Waals surface area contributed by atoms with Crippen molar-refractivity contribution >= 4 is 11.6 Å². The summed E-state index contributed by atoms with van der Waals surface area (Å²) in [6.07, 6.45) is 3.39. The molecule has 3 aromatic rings. The van der Waals surface area contributed by atoms with Gasteiger partial charge >= 0.3 is 0 Å². The zero-order chi connectivity index (χ0) is 19.4. The van der Waals surface area contributed by atoms with E-state index in [9.17, 15) is 13.6 Å². The highest BCUT2D eigenvalue weighted by atomic mass is 19.1. The second-order valence-electron chi connectivity index (χ2n) is 5.98. The largest absolute Gasteiger partial charge is 0.496 e. The van der Waals surface area contributed by atoms with Crippen molar-refractivity contribution in [3.05, 3.63) is 66.0 Å². The number of ether oxygens (including phenoxy) is 1. The summed E-state index contributed by atoms with van der Waals surface area (Å²) in [7, 11) is 1.52. The van der Waals surface area contributed by atoms with E-state index in [0.717, 1.165) is 29.3 Å². The van der Waals surface area contributed by atoms with Gasteiger partial charge in [0.05, 0.1) is 19.3 Å². The molecule has 8 heteroatoms. The number of nitrogens with one attached hydrogen (secondary N) is 2. The molecule has 1 heterocycles. The fourth-order valence-corrected chi connectivity index (χ4v) is 2.72. The van der Waals surface area contributed by atoms with Crippen molar-refractivity contribution in [3.63, 3.8) is 0 Å². The lowest BCUT2D eigenvalue weighted by atomic mass is 10.0.